The highest BCUT2D eigenvalue weighted by Gasteiger charge is 2.14. The fourth-order valence-electron chi connectivity index (χ4n) is 2.91. The Morgan fingerprint density at radius 3 is 2.19 bits per heavy atom. The molecule has 0 unspecified atom stereocenters. The number of ether oxygens (including phenoxy) is 1. The molecule has 3 aromatic rings. The predicted molar refractivity (Wildman–Crippen MR) is 122 cm³/mol. The first-order valence-electron chi connectivity index (χ1n) is 9.57. The van der Waals surface area contributed by atoms with Crippen molar-refractivity contribution >= 4 is 33.2 Å². The third-order valence-corrected chi connectivity index (χ3v) is 6.55. The smallest absolute Gasteiger partial charge is 0.262 e. The van der Waals surface area contributed by atoms with Gasteiger partial charge in [0.1, 0.15) is 5.75 Å². The lowest BCUT2D eigenvalue weighted by Gasteiger charge is -2.11. The SMILES string of the molecule is Cc1cc(OCC(=O)Nc2ccc(S(=O)(=O)NCc3ccccc3)cc2)cc(C)c1Cl. The van der Waals surface area contributed by atoms with Gasteiger partial charge in [-0.15, -0.1) is 0 Å². The third kappa shape index (κ3) is 6.30. The second-order valence-electron chi connectivity index (χ2n) is 7.04. The molecule has 0 saturated heterocycles. The second-order valence-corrected chi connectivity index (χ2v) is 9.19. The molecule has 3 aromatic carbocycles. The van der Waals surface area contributed by atoms with Crippen molar-refractivity contribution in [3.63, 3.8) is 0 Å². The van der Waals surface area contributed by atoms with Gasteiger partial charge in [-0.05, 0) is 66.9 Å². The van der Waals surface area contributed by atoms with Gasteiger partial charge in [0.2, 0.25) is 10.0 Å². The van der Waals surface area contributed by atoms with Gasteiger partial charge >= 0.3 is 0 Å². The van der Waals surface area contributed by atoms with Crippen LogP contribution in [0.15, 0.2) is 71.6 Å². The normalized spacial score (nSPS) is 11.2. The maximum Gasteiger partial charge on any atom is 0.262 e. The van der Waals surface area contributed by atoms with E-state index < -0.39 is 10.0 Å². The van der Waals surface area contributed by atoms with Gasteiger partial charge in [-0.3, -0.25) is 4.79 Å². The molecule has 0 spiro atoms. The van der Waals surface area contributed by atoms with Crippen molar-refractivity contribution in [1.82, 2.24) is 4.72 Å². The monoisotopic (exact) mass is 458 g/mol. The minimum absolute atomic E-state index is 0.116. The first kappa shape index (κ1) is 22.8. The predicted octanol–water partition coefficient (Wildman–Crippen LogP) is 4.45. The van der Waals surface area contributed by atoms with Gasteiger partial charge in [0, 0.05) is 17.3 Å². The molecule has 0 bridgehead atoms. The molecular weight excluding hydrogens is 436 g/mol. The van der Waals surface area contributed by atoms with Gasteiger partial charge in [-0.1, -0.05) is 41.9 Å². The summed E-state index contributed by atoms with van der Waals surface area (Å²) in [5.41, 5.74) is 3.07. The second kappa shape index (κ2) is 9.96. The van der Waals surface area contributed by atoms with Crippen LogP contribution in [0.1, 0.15) is 16.7 Å². The molecule has 31 heavy (non-hydrogen) atoms. The molecule has 0 heterocycles. The van der Waals surface area contributed by atoms with Crippen LogP contribution in [0.25, 0.3) is 0 Å². The summed E-state index contributed by atoms with van der Waals surface area (Å²) in [6.07, 6.45) is 0. The number of anilines is 1. The zero-order chi connectivity index (χ0) is 22.4. The standard InChI is InChI=1S/C23H23ClN2O4S/c1-16-12-20(13-17(2)23(16)24)30-15-22(27)26-19-8-10-21(11-9-19)31(28,29)25-14-18-6-4-3-5-7-18/h3-13,25H,14-15H2,1-2H3,(H,26,27). The maximum atomic E-state index is 12.4. The van der Waals surface area contributed by atoms with E-state index in [4.69, 9.17) is 16.3 Å². The minimum atomic E-state index is -3.66. The average molecular weight is 459 g/mol. The lowest BCUT2D eigenvalue weighted by atomic mass is 10.1. The van der Waals surface area contributed by atoms with Gasteiger partial charge in [0.25, 0.3) is 5.91 Å². The summed E-state index contributed by atoms with van der Waals surface area (Å²) in [4.78, 5) is 12.3. The molecule has 1 amide bonds. The molecule has 0 aliphatic rings. The Bertz CT molecular complexity index is 1140. The molecule has 8 heteroatoms. The summed E-state index contributed by atoms with van der Waals surface area (Å²) in [6, 6.07) is 18.7. The molecule has 6 nitrogen and oxygen atoms in total. The number of aryl methyl sites for hydroxylation is 2. The van der Waals surface area contributed by atoms with Gasteiger partial charge in [0.15, 0.2) is 6.61 Å². The molecule has 0 radical (unpaired) electrons. The van der Waals surface area contributed by atoms with Crippen molar-refractivity contribution in [3.05, 3.63) is 88.4 Å². The number of rotatable bonds is 8. The third-order valence-electron chi connectivity index (χ3n) is 4.54. The Kier molecular flexibility index (Phi) is 7.33. The molecule has 0 aromatic heterocycles. The van der Waals surface area contributed by atoms with Crippen LogP contribution in [0.2, 0.25) is 5.02 Å². The lowest BCUT2D eigenvalue weighted by molar-refractivity contribution is -0.118. The number of sulfonamides is 1. The fraction of sp³-hybridized carbons (Fsp3) is 0.174. The van der Waals surface area contributed by atoms with E-state index in [2.05, 4.69) is 10.0 Å². The van der Waals surface area contributed by atoms with E-state index in [0.717, 1.165) is 16.7 Å². The Hall–Kier alpha value is -2.87. The van der Waals surface area contributed by atoms with E-state index in [1.54, 1.807) is 12.1 Å². The van der Waals surface area contributed by atoms with Crippen LogP contribution in [0.3, 0.4) is 0 Å². The molecule has 3 rings (SSSR count). The lowest BCUT2D eigenvalue weighted by Crippen LogP contribution is -2.23. The largest absolute Gasteiger partial charge is 0.484 e. The molecular formula is C23H23ClN2O4S. The van der Waals surface area contributed by atoms with Crippen LogP contribution in [0.5, 0.6) is 5.75 Å². The van der Waals surface area contributed by atoms with Crippen LogP contribution in [0, 0.1) is 13.8 Å². The Morgan fingerprint density at radius 2 is 1.58 bits per heavy atom. The molecule has 2 N–H and O–H groups in total. The number of nitrogens with one attached hydrogen (secondary N) is 2. The molecule has 162 valence electrons. The number of hydrogen-bond donors (Lipinski definition) is 2. The number of hydrogen-bond acceptors (Lipinski definition) is 4. The summed E-state index contributed by atoms with van der Waals surface area (Å²) in [5, 5.41) is 3.36. The molecule has 0 atom stereocenters. The minimum Gasteiger partial charge on any atom is -0.484 e. The van der Waals surface area contributed by atoms with E-state index in [1.807, 2.05) is 44.2 Å². The quantitative estimate of drug-likeness (QED) is 0.522. The first-order valence-corrected chi connectivity index (χ1v) is 11.4. The van der Waals surface area contributed by atoms with E-state index in [1.165, 1.54) is 24.3 Å². The van der Waals surface area contributed by atoms with E-state index in [0.29, 0.717) is 16.5 Å². The van der Waals surface area contributed by atoms with Crippen molar-refractivity contribution in [2.45, 2.75) is 25.3 Å². The highest BCUT2D eigenvalue weighted by Crippen LogP contribution is 2.25. The summed E-state index contributed by atoms with van der Waals surface area (Å²) >= 11 is 6.13. The van der Waals surface area contributed by atoms with Gasteiger partial charge < -0.3 is 10.1 Å². The summed E-state index contributed by atoms with van der Waals surface area (Å²) in [7, 11) is -3.66. The first-order chi connectivity index (χ1) is 14.7. The van der Waals surface area contributed by atoms with Gasteiger partial charge in [-0.2, -0.15) is 0 Å². The number of carbonyl (C=O) groups is 1. The van der Waals surface area contributed by atoms with Crippen molar-refractivity contribution in [1.29, 1.82) is 0 Å². The highest BCUT2D eigenvalue weighted by molar-refractivity contribution is 7.89. The van der Waals surface area contributed by atoms with E-state index in [9.17, 15) is 13.2 Å². The zero-order valence-electron chi connectivity index (χ0n) is 17.2. The number of carbonyl (C=O) groups excluding carboxylic acids is 1. The van der Waals surface area contributed by atoms with Crippen LogP contribution in [0.4, 0.5) is 5.69 Å². The van der Waals surface area contributed by atoms with E-state index in [-0.39, 0.29) is 24.0 Å². The zero-order valence-corrected chi connectivity index (χ0v) is 18.8. The summed E-state index contributed by atoms with van der Waals surface area (Å²) < 4.78 is 33.0. The van der Waals surface area contributed by atoms with Crippen LogP contribution in [-0.2, 0) is 21.4 Å². The summed E-state index contributed by atoms with van der Waals surface area (Å²) in [6.45, 7) is 3.75. The summed E-state index contributed by atoms with van der Waals surface area (Å²) in [5.74, 6) is 0.198. The topological polar surface area (TPSA) is 84.5 Å². The molecule has 0 saturated carbocycles. The molecule has 0 aliphatic carbocycles. The van der Waals surface area contributed by atoms with Crippen molar-refractivity contribution in [3.8, 4) is 5.75 Å². The fourth-order valence-corrected chi connectivity index (χ4v) is 4.04. The Balaban J connectivity index is 1.55. The van der Waals surface area contributed by atoms with Gasteiger partial charge in [-0.25, -0.2) is 13.1 Å². The molecule has 0 fully saturated rings. The number of halogens is 1. The van der Waals surface area contributed by atoms with Crippen molar-refractivity contribution < 1.29 is 17.9 Å². The number of benzene rings is 3. The highest BCUT2D eigenvalue weighted by atomic mass is 35.5. The number of amides is 1. The average Bonchev–Trinajstić information content (AvgIpc) is 2.76. The van der Waals surface area contributed by atoms with Crippen LogP contribution < -0.4 is 14.8 Å². The Labute approximate surface area is 187 Å². The van der Waals surface area contributed by atoms with E-state index >= 15 is 0 Å². The van der Waals surface area contributed by atoms with Gasteiger partial charge in [0.05, 0.1) is 4.90 Å². The maximum absolute atomic E-state index is 12.4. The van der Waals surface area contributed by atoms with Crippen molar-refractivity contribution in [2.24, 2.45) is 0 Å². The Morgan fingerprint density at radius 1 is 0.968 bits per heavy atom. The van der Waals surface area contributed by atoms with Crippen LogP contribution >= 0.6 is 11.6 Å². The van der Waals surface area contributed by atoms with Crippen LogP contribution in [-0.4, -0.2) is 20.9 Å². The van der Waals surface area contributed by atoms with Crippen molar-refractivity contribution in [2.75, 3.05) is 11.9 Å². The molecule has 0 aliphatic heterocycles.